The molecule has 2 aromatic rings. The molecular weight excluding hydrogens is 358 g/mol. The molecule has 0 aliphatic heterocycles. The third kappa shape index (κ3) is 6.42. The van der Waals surface area contributed by atoms with E-state index in [0.717, 1.165) is 11.1 Å². The SMILES string of the molecule is CCOc1ccc(/C=N\NC(=O)C(=O)NCc2ccc(C)cc2)c(OCC)c1. The molecular formula is C21H25N3O4. The van der Waals surface area contributed by atoms with Gasteiger partial charge in [0.25, 0.3) is 0 Å². The first-order valence-electron chi connectivity index (χ1n) is 9.10. The molecule has 0 heterocycles. The van der Waals surface area contributed by atoms with Crippen molar-refractivity contribution in [2.24, 2.45) is 5.10 Å². The number of benzene rings is 2. The van der Waals surface area contributed by atoms with Crippen LogP contribution in [0.2, 0.25) is 0 Å². The molecule has 148 valence electrons. The molecule has 0 saturated heterocycles. The highest BCUT2D eigenvalue weighted by molar-refractivity contribution is 6.35. The van der Waals surface area contributed by atoms with E-state index in [-0.39, 0.29) is 6.54 Å². The first kappa shape index (κ1) is 21.0. The number of nitrogens with zero attached hydrogens (tertiary/aromatic N) is 1. The summed E-state index contributed by atoms with van der Waals surface area (Å²) in [6, 6.07) is 13.0. The van der Waals surface area contributed by atoms with Crippen LogP contribution in [0, 0.1) is 6.92 Å². The second-order valence-corrected chi connectivity index (χ2v) is 5.93. The molecule has 7 heteroatoms. The summed E-state index contributed by atoms with van der Waals surface area (Å²) in [4.78, 5) is 23.7. The number of hydrogen-bond acceptors (Lipinski definition) is 5. The number of nitrogens with one attached hydrogen (secondary N) is 2. The second-order valence-electron chi connectivity index (χ2n) is 5.93. The van der Waals surface area contributed by atoms with Crippen molar-refractivity contribution in [3.63, 3.8) is 0 Å². The van der Waals surface area contributed by atoms with E-state index in [4.69, 9.17) is 9.47 Å². The van der Waals surface area contributed by atoms with Crippen LogP contribution in [0.3, 0.4) is 0 Å². The van der Waals surface area contributed by atoms with Crippen molar-refractivity contribution in [1.82, 2.24) is 10.7 Å². The van der Waals surface area contributed by atoms with E-state index in [9.17, 15) is 9.59 Å². The number of hydrogen-bond donors (Lipinski definition) is 2. The van der Waals surface area contributed by atoms with Gasteiger partial charge in [0.2, 0.25) is 0 Å². The van der Waals surface area contributed by atoms with E-state index in [1.165, 1.54) is 6.21 Å². The Balaban J connectivity index is 1.91. The summed E-state index contributed by atoms with van der Waals surface area (Å²) < 4.78 is 11.0. The largest absolute Gasteiger partial charge is 0.494 e. The molecule has 2 amide bonds. The van der Waals surface area contributed by atoms with Crippen molar-refractivity contribution >= 4 is 18.0 Å². The Morgan fingerprint density at radius 3 is 2.39 bits per heavy atom. The Labute approximate surface area is 164 Å². The number of rotatable bonds is 8. The van der Waals surface area contributed by atoms with Gasteiger partial charge >= 0.3 is 11.8 Å². The molecule has 7 nitrogen and oxygen atoms in total. The predicted octanol–water partition coefficient (Wildman–Crippen LogP) is 2.56. The van der Waals surface area contributed by atoms with Crippen LogP contribution in [-0.2, 0) is 16.1 Å². The zero-order valence-corrected chi connectivity index (χ0v) is 16.3. The zero-order chi connectivity index (χ0) is 20.4. The molecule has 0 fully saturated rings. The Kier molecular flexibility index (Phi) is 8.02. The summed E-state index contributed by atoms with van der Waals surface area (Å²) in [5.41, 5.74) is 4.91. The van der Waals surface area contributed by atoms with Gasteiger partial charge in [0, 0.05) is 18.2 Å². The average molecular weight is 383 g/mol. The van der Waals surface area contributed by atoms with E-state index in [0.29, 0.717) is 30.3 Å². The van der Waals surface area contributed by atoms with Crippen LogP contribution in [0.5, 0.6) is 11.5 Å². The number of carbonyl (C=O) groups is 2. The number of carbonyl (C=O) groups excluding carboxylic acids is 2. The molecule has 0 aliphatic rings. The van der Waals surface area contributed by atoms with E-state index >= 15 is 0 Å². The fourth-order valence-electron chi connectivity index (χ4n) is 2.34. The van der Waals surface area contributed by atoms with Crippen molar-refractivity contribution in [3.05, 3.63) is 59.2 Å². The van der Waals surface area contributed by atoms with Gasteiger partial charge in [0.1, 0.15) is 11.5 Å². The van der Waals surface area contributed by atoms with Crippen molar-refractivity contribution in [2.45, 2.75) is 27.3 Å². The van der Waals surface area contributed by atoms with Crippen LogP contribution < -0.4 is 20.2 Å². The highest BCUT2D eigenvalue weighted by Gasteiger charge is 2.12. The van der Waals surface area contributed by atoms with Crippen molar-refractivity contribution in [1.29, 1.82) is 0 Å². The molecule has 0 unspecified atom stereocenters. The fraction of sp³-hybridized carbons (Fsp3) is 0.286. The number of amides is 2. The van der Waals surface area contributed by atoms with Crippen molar-refractivity contribution in [3.8, 4) is 11.5 Å². The first-order valence-corrected chi connectivity index (χ1v) is 9.10. The minimum absolute atomic E-state index is 0.267. The third-order valence-electron chi connectivity index (χ3n) is 3.75. The van der Waals surface area contributed by atoms with Crippen LogP contribution >= 0.6 is 0 Å². The summed E-state index contributed by atoms with van der Waals surface area (Å²) in [5.74, 6) is -0.334. The molecule has 0 bridgehead atoms. The van der Waals surface area contributed by atoms with Gasteiger partial charge < -0.3 is 14.8 Å². The fourth-order valence-corrected chi connectivity index (χ4v) is 2.34. The summed E-state index contributed by atoms with van der Waals surface area (Å²) in [6.07, 6.45) is 1.42. The normalized spacial score (nSPS) is 10.5. The van der Waals surface area contributed by atoms with Crippen LogP contribution in [0.4, 0.5) is 0 Å². The summed E-state index contributed by atoms with van der Waals surface area (Å²) in [6.45, 7) is 7.04. The summed E-state index contributed by atoms with van der Waals surface area (Å²) in [5, 5.41) is 6.40. The van der Waals surface area contributed by atoms with Gasteiger partial charge in [-0.1, -0.05) is 29.8 Å². The topological polar surface area (TPSA) is 89.0 Å². The Morgan fingerprint density at radius 1 is 1.00 bits per heavy atom. The molecule has 2 N–H and O–H groups in total. The number of hydrazone groups is 1. The smallest absolute Gasteiger partial charge is 0.329 e. The van der Waals surface area contributed by atoms with E-state index in [2.05, 4.69) is 15.8 Å². The lowest BCUT2D eigenvalue weighted by Gasteiger charge is -2.10. The van der Waals surface area contributed by atoms with Gasteiger partial charge in [-0.2, -0.15) is 5.10 Å². The van der Waals surface area contributed by atoms with E-state index in [1.807, 2.05) is 45.0 Å². The maximum absolute atomic E-state index is 11.9. The lowest BCUT2D eigenvalue weighted by atomic mass is 10.1. The van der Waals surface area contributed by atoms with Crippen LogP contribution in [0.1, 0.15) is 30.5 Å². The minimum Gasteiger partial charge on any atom is -0.494 e. The lowest BCUT2D eigenvalue weighted by Crippen LogP contribution is -2.37. The van der Waals surface area contributed by atoms with E-state index in [1.54, 1.807) is 18.2 Å². The Bertz CT molecular complexity index is 832. The Morgan fingerprint density at radius 2 is 1.71 bits per heavy atom. The molecule has 0 aromatic heterocycles. The van der Waals surface area contributed by atoms with Gasteiger partial charge in [-0.15, -0.1) is 0 Å². The van der Waals surface area contributed by atoms with Crippen LogP contribution in [0.15, 0.2) is 47.6 Å². The van der Waals surface area contributed by atoms with Crippen LogP contribution in [-0.4, -0.2) is 31.2 Å². The lowest BCUT2D eigenvalue weighted by molar-refractivity contribution is -0.139. The zero-order valence-electron chi connectivity index (χ0n) is 16.3. The number of ether oxygens (including phenoxy) is 2. The van der Waals surface area contributed by atoms with Crippen molar-refractivity contribution < 1.29 is 19.1 Å². The summed E-state index contributed by atoms with van der Waals surface area (Å²) >= 11 is 0. The number of aryl methyl sites for hydroxylation is 1. The van der Waals surface area contributed by atoms with Gasteiger partial charge in [0.15, 0.2) is 0 Å². The molecule has 0 radical (unpaired) electrons. The molecule has 28 heavy (non-hydrogen) atoms. The molecule has 0 aliphatic carbocycles. The highest BCUT2D eigenvalue weighted by Crippen LogP contribution is 2.23. The van der Waals surface area contributed by atoms with Crippen LogP contribution in [0.25, 0.3) is 0 Å². The first-order chi connectivity index (χ1) is 13.5. The minimum atomic E-state index is -0.841. The van der Waals surface area contributed by atoms with E-state index < -0.39 is 11.8 Å². The standard InChI is InChI=1S/C21H25N3O4/c1-4-27-18-11-10-17(19(12-18)28-5-2)14-23-24-21(26)20(25)22-13-16-8-6-15(3)7-9-16/h6-12,14H,4-5,13H2,1-3H3,(H,22,25)(H,24,26)/b23-14-. The van der Waals surface area contributed by atoms with Gasteiger partial charge in [-0.05, 0) is 38.5 Å². The molecule has 0 atom stereocenters. The second kappa shape index (κ2) is 10.7. The highest BCUT2D eigenvalue weighted by atomic mass is 16.5. The van der Waals surface area contributed by atoms with Gasteiger partial charge in [-0.3, -0.25) is 9.59 Å². The monoisotopic (exact) mass is 383 g/mol. The molecule has 2 aromatic carbocycles. The molecule has 2 rings (SSSR count). The van der Waals surface area contributed by atoms with Crippen molar-refractivity contribution in [2.75, 3.05) is 13.2 Å². The van der Waals surface area contributed by atoms with Gasteiger partial charge in [-0.25, -0.2) is 5.43 Å². The Hall–Kier alpha value is -3.35. The third-order valence-corrected chi connectivity index (χ3v) is 3.75. The van der Waals surface area contributed by atoms with Gasteiger partial charge in [0.05, 0.1) is 19.4 Å². The summed E-state index contributed by atoms with van der Waals surface area (Å²) in [7, 11) is 0. The predicted molar refractivity (Wildman–Crippen MR) is 108 cm³/mol. The maximum Gasteiger partial charge on any atom is 0.329 e. The quantitative estimate of drug-likeness (QED) is 0.417. The average Bonchev–Trinajstić information content (AvgIpc) is 2.69. The maximum atomic E-state index is 11.9. The molecule has 0 spiro atoms. The molecule has 0 saturated carbocycles.